The molecule has 0 aromatic heterocycles. The smallest absolute Gasteiger partial charge is 0.402 e. The maximum atomic E-state index is 12.0. The minimum absolute atomic E-state index is 0.602. The second-order valence-corrected chi connectivity index (χ2v) is 20.8. The first-order valence-electron chi connectivity index (χ1n) is 25.8. The van der Waals surface area contributed by atoms with Gasteiger partial charge in [0.15, 0.2) is 0 Å². The van der Waals surface area contributed by atoms with Crippen LogP contribution in [0.1, 0.15) is 219 Å². The van der Waals surface area contributed by atoms with Crippen molar-refractivity contribution in [2.75, 3.05) is 13.2 Å². The molecule has 340 valence electrons. The van der Waals surface area contributed by atoms with Crippen LogP contribution in [0.3, 0.4) is 0 Å². The van der Waals surface area contributed by atoms with Crippen molar-refractivity contribution in [1.29, 1.82) is 0 Å². The monoisotopic (exact) mass is 853 g/mol. The van der Waals surface area contributed by atoms with Crippen molar-refractivity contribution in [3.05, 3.63) is 72.8 Å². The Morgan fingerprint density at radius 2 is 0.623 bits per heavy atom. The molecule has 4 aromatic carbocycles. The summed E-state index contributed by atoms with van der Waals surface area (Å²) < 4.78 is 12.3. The third kappa shape index (κ3) is 20.0. The number of fused-ring (bicyclic) bond motifs is 2. The van der Waals surface area contributed by atoms with Gasteiger partial charge in [0.1, 0.15) is 11.5 Å². The summed E-state index contributed by atoms with van der Waals surface area (Å²) in [6, 6.07) is 23.7. The molecule has 4 rings (SSSR count). The average Bonchev–Trinajstić information content (AvgIpc) is 3.27. The van der Waals surface area contributed by atoms with Gasteiger partial charge >= 0.3 is 8.56 Å². The molecule has 0 saturated heterocycles. The van der Waals surface area contributed by atoms with Gasteiger partial charge < -0.3 is 19.1 Å². The molecule has 4 nitrogen and oxygen atoms in total. The van der Waals surface area contributed by atoms with Crippen molar-refractivity contribution < 1.29 is 19.1 Å². The van der Waals surface area contributed by atoms with E-state index in [2.05, 4.69) is 13.8 Å². The molecule has 0 saturated carbocycles. The normalized spacial score (nSPS) is 11.9. The van der Waals surface area contributed by atoms with E-state index in [1.807, 2.05) is 72.8 Å². The molecule has 0 fully saturated rings. The molecule has 0 spiro atoms. The summed E-state index contributed by atoms with van der Waals surface area (Å²) in [4.78, 5) is 23.9. The molecule has 61 heavy (non-hydrogen) atoms. The number of ether oxygens (including phenoxy) is 2. The first-order valence-corrected chi connectivity index (χ1v) is 27.7. The molecular formula is C56H88O4Si. The summed E-state index contributed by atoms with van der Waals surface area (Å²) in [7, 11) is -4.03. The zero-order chi connectivity index (χ0) is 43.1. The Bertz CT molecular complexity index is 1580. The van der Waals surface area contributed by atoms with Crippen LogP contribution in [0.15, 0.2) is 72.8 Å². The lowest BCUT2D eigenvalue weighted by Crippen LogP contribution is -2.59. The average molecular weight is 853 g/mol. The highest BCUT2D eigenvalue weighted by Crippen LogP contribution is 2.25. The molecule has 0 aliphatic rings. The number of unbranched alkanes of at least 4 members (excludes halogenated alkanes) is 30. The topological polar surface area (TPSA) is 58.9 Å². The van der Waals surface area contributed by atoms with Crippen LogP contribution < -0.4 is 19.8 Å². The predicted molar refractivity (Wildman–Crippen MR) is 267 cm³/mol. The summed E-state index contributed by atoms with van der Waals surface area (Å²) in [5, 5.41) is 4.87. The van der Waals surface area contributed by atoms with Crippen molar-refractivity contribution in [2.45, 2.75) is 219 Å². The highest BCUT2D eigenvalue weighted by Gasteiger charge is 2.37. The molecule has 0 aliphatic heterocycles. The van der Waals surface area contributed by atoms with E-state index in [0.29, 0.717) is 23.6 Å². The van der Waals surface area contributed by atoms with E-state index in [-0.39, 0.29) is 0 Å². The van der Waals surface area contributed by atoms with E-state index in [1.54, 1.807) is 0 Å². The first-order chi connectivity index (χ1) is 30.0. The Hall–Kier alpha value is -2.86. The minimum atomic E-state index is -4.03. The Labute approximate surface area is 374 Å². The Morgan fingerprint density at radius 1 is 0.344 bits per heavy atom. The van der Waals surface area contributed by atoms with Gasteiger partial charge in [0.05, 0.1) is 13.2 Å². The van der Waals surface area contributed by atoms with E-state index in [9.17, 15) is 9.59 Å². The fourth-order valence-electron chi connectivity index (χ4n) is 9.14. The van der Waals surface area contributed by atoms with Crippen LogP contribution >= 0.6 is 0 Å². The zero-order valence-electron chi connectivity index (χ0n) is 39.2. The molecule has 0 radical (unpaired) electrons. The molecule has 0 atom stereocenters. The maximum absolute atomic E-state index is 12.0. The van der Waals surface area contributed by atoms with Gasteiger partial charge in [-0.05, 0) is 58.7 Å². The maximum Gasteiger partial charge on any atom is 0.402 e. The third-order valence-corrected chi connectivity index (χ3v) is 15.4. The van der Waals surface area contributed by atoms with Crippen molar-refractivity contribution >= 4 is 40.5 Å². The van der Waals surface area contributed by atoms with Crippen LogP contribution in [0.4, 0.5) is 0 Å². The van der Waals surface area contributed by atoms with Gasteiger partial charge in [0.2, 0.25) is 0 Å². The molecule has 0 amide bonds. The van der Waals surface area contributed by atoms with Crippen LogP contribution in [0.2, 0.25) is 0 Å². The summed E-state index contributed by atoms with van der Waals surface area (Å²) in [5.41, 5.74) is 0. The Kier molecular flexibility index (Phi) is 26.5. The molecule has 0 heterocycles. The van der Waals surface area contributed by atoms with Crippen molar-refractivity contribution in [2.24, 2.45) is 0 Å². The quantitative estimate of drug-likeness (QED) is 0.0348. The highest BCUT2D eigenvalue weighted by molar-refractivity contribution is 6.93. The second-order valence-electron chi connectivity index (χ2n) is 18.4. The fourth-order valence-corrected chi connectivity index (χ4v) is 11.3. The van der Waals surface area contributed by atoms with Crippen LogP contribution in [0.25, 0.3) is 21.5 Å². The summed E-state index contributed by atoms with van der Waals surface area (Å²) in [6.45, 7) is 6.00. The summed E-state index contributed by atoms with van der Waals surface area (Å²) in [5.74, 6) is 1.68. The van der Waals surface area contributed by atoms with Crippen molar-refractivity contribution in [1.82, 2.24) is 0 Å². The first kappa shape index (κ1) is 50.8. The van der Waals surface area contributed by atoms with E-state index in [1.165, 1.54) is 193 Å². The van der Waals surface area contributed by atoms with Gasteiger partial charge in [-0.3, -0.25) is 0 Å². The van der Waals surface area contributed by atoms with Crippen LogP contribution in [-0.2, 0) is 0 Å². The van der Waals surface area contributed by atoms with E-state index in [0.717, 1.165) is 45.9 Å². The third-order valence-electron chi connectivity index (χ3n) is 13.0. The van der Waals surface area contributed by atoms with Crippen LogP contribution in [0.5, 0.6) is 11.5 Å². The van der Waals surface area contributed by atoms with Crippen molar-refractivity contribution in [3.8, 4) is 11.5 Å². The van der Waals surface area contributed by atoms with E-state index >= 15 is 0 Å². The summed E-state index contributed by atoms with van der Waals surface area (Å²) in [6.07, 6.45) is 43.5. The number of rotatable bonds is 38. The molecular weight excluding hydrogens is 765 g/mol. The van der Waals surface area contributed by atoms with Crippen LogP contribution in [0, 0.1) is 0 Å². The van der Waals surface area contributed by atoms with Crippen molar-refractivity contribution in [3.63, 3.8) is 0 Å². The standard InChI is InChI=1S/C56H88O4Si/c1-3-5-7-9-11-13-15-17-19-21-23-25-27-29-31-33-45-59-51-41-43-53-49(47-51)37-35-39-55(53)61(57,58)56-40-36-38-50-48-52(42-44-54(50)56)60-46-34-32-30-28-26-24-22-20-18-16-14-12-10-8-6-4-2/h35-44,47-48,57-58H,3-34,45-46H2,1-2H3. The lowest BCUT2D eigenvalue weighted by Gasteiger charge is -2.22. The zero-order valence-corrected chi connectivity index (χ0v) is 40.2. The Balaban J connectivity index is 1.11. The van der Waals surface area contributed by atoms with Gasteiger partial charge in [0, 0.05) is 10.4 Å². The lowest BCUT2D eigenvalue weighted by atomic mass is 10.0. The molecule has 0 aliphatic carbocycles. The molecule has 4 aromatic rings. The second kappa shape index (κ2) is 31.9. The van der Waals surface area contributed by atoms with Gasteiger partial charge in [-0.1, -0.05) is 255 Å². The molecule has 0 unspecified atom stereocenters. The fraction of sp³-hybridized carbons (Fsp3) is 0.643. The number of benzene rings is 4. The molecule has 2 N–H and O–H groups in total. The predicted octanol–water partition coefficient (Wildman–Crippen LogP) is 15.8. The number of hydrogen-bond acceptors (Lipinski definition) is 4. The van der Waals surface area contributed by atoms with E-state index in [4.69, 9.17) is 9.47 Å². The lowest BCUT2D eigenvalue weighted by molar-refractivity contribution is 0.304. The number of hydrogen-bond donors (Lipinski definition) is 2. The molecule has 5 heteroatoms. The summed E-state index contributed by atoms with van der Waals surface area (Å²) >= 11 is 0. The van der Waals surface area contributed by atoms with Gasteiger partial charge in [-0.2, -0.15) is 0 Å². The van der Waals surface area contributed by atoms with Gasteiger partial charge in [0.25, 0.3) is 0 Å². The van der Waals surface area contributed by atoms with Gasteiger partial charge in [-0.15, -0.1) is 0 Å². The van der Waals surface area contributed by atoms with Crippen LogP contribution in [-0.4, -0.2) is 31.4 Å². The molecule has 0 bridgehead atoms. The highest BCUT2D eigenvalue weighted by atomic mass is 28.4. The van der Waals surface area contributed by atoms with Gasteiger partial charge in [-0.25, -0.2) is 0 Å². The SMILES string of the molecule is CCCCCCCCCCCCCCCCCCOc1ccc2c([Si](O)(O)c3cccc4cc(OCCCCCCCCCCCCCCCCCC)ccc34)cccc2c1. The Morgan fingerprint density at radius 3 is 0.918 bits per heavy atom. The largest absolute Gasteiger partial charge is 0.494 e. The van der Waals surface area contributed by atoms with E-state index < -0.39 is 8.56 Å². The minimum Gasteiger partial charge on any atom is -0.494 e.